The van der Waals surface area contributed by atoms with E-state index in [1.807, 2.05) is 0 Å². The van der Waals surface area contributed by atoms with Crippen molar-refractivity contribution in [3.63, 3.8) is 0 Å². The Morgan fingerprint density at radius 3 is 2.32 bits per heavy atom. The van der Waals surface area contributed by atoms with E-state index >= 15 is 0 Å². The number of carbonyl (C=O) groups is 2. The molecule has 2 aromatic carbocycles. The number of halogens is 1. The third kappa shape index (κ3) is 6.39. The van der Waals surface area contributed by atoms with Crippen molar-refractivity contribution in [3.05, 3.63) is 53.8 Å². The number of benzene rings is 2. The Morgan fingerprint density at radius 1 is 1.00 bits per heavy atom. The summed E-state index contributed by atoms with van der Waals surface area (Å²) < 4.78 is 23.2. The number of anilines is 1. The van der Waals surface area contributed by atoms with E-state index in [-0.39, 0.29) is 30.5 Å². The number of hydrazone groups is 1. The van der Waals surface area contributed by atoms with Crippen LogP contribution in [0.3, 0.4) is 0 Å². The summed E-state index contributed by atoms with van der Waals surface area (Å²) in [7, 11) is 3.06. The molecule has 2 N–H and O–H groups in total. The largest absolute Gasteiger partial charge is 0.493 e. The molecule has 2 amide bonds. The lowest BCUT2D eigenvalue weighted by atomic mass is 10.1. The lowest BCUT2D eigenvalue weighted by Crippen LogP contribution is -2.22. The fourth-order valence-electron chi connectivity index (χ4n) is 2.38. The van der Waals surface area contributed by atoms with Gasteiger partial charge in [-0.1, -0.05) is 6.07 Å². The molecule has 148 valence electrons. The maximum atomic E-state index is 12.9. The SMILES string of the molecule is COc1ccc(CC(=O)N/N=C(\C)CC(=O)Nc2ccc(F)cc2)cc1OC. The van der Waals surface area contributed by atoms with Crippen molar-refractivity contribution in [1.29, 1.82) is 0 Å². The number of ether oxygens (including phenoxy) is 2. The zero-order valence-corrected chi connectivity index (χ0v) is 15.9. The van der Waals surface area contributed by atoms with Crippen LogP contribution >= 0.6 is 0 Å². The zero-order valence-electron chi connectivity index (χ0n) is 15.9. The number of hydrogen-bond acceptors (Lipinski definition) is 5. The van der Waals surface area contributed by atoms with Gasteiger partial charge in [0.15, 0.2) is 11.5 Å². The van der Waals surface area contributed by atoms with Gasteiger partial charge in [0.05, 0.1) is 27.1 Å². The van der Waals surface area contributed by atoms with Crippen LogP contribution in [0.1, 0.15) is 18.9 Å². The van der Waals surface area contributed by atoms with Gasteiger partial charge in [-0.15, -0.1) is 0 Å². The zero-order chi connectivity index (χ0) is 20.5. The van der Waals surface area contributed by atoms with Gasteiger partial charge in [0.25, 0.3) is 0 Å². The number of carbonyl (C=O) groups excluding carboxylic acids is 2. The van der Waals surface area contributed by atoms with Crippen molar-refractivity contribution in [3.8, 4) is 11.5 Å². The molecule has 7 nitrogen and oxygen atoms in total. The summed E-state index contributed by atoms with van der Waals surface area (Å²) in [6.45, 7) is 1.63. The lowest BCUT2D eigenvalue weighted by molar-refractivity contribution is -0.120. The van der Waals surface area contributed by atoms with E-state index in [1.54, 1.807) is 25.1 Å². The minimum atomic E-state index is -0.382. The molecule has 2 rings (SSSR count). The maximum Gasteiger partial charge on any atom is 0.244 e. The third-order valence-electron chi connectivity index (χ3n) is 3.73. The molecule has 0 spiro atoms. The van der Waals surface area contributed by atoms with Crippen molar-refractivity contribution < 1.29 is 23.5 Å². The minimum absolute atomic E-state index is 0.00594. The first-order chi connectivity index (χ1) is 13.4. The Hall–Kier alpha value is -3.42. The summed E-state index contributed by atoms with van der Waals surface area (Å²) in [5.41, 5.74) is 4.07. The van der Waals surface area contributed by atoms with Gasteiger partial charge in [0.1, 0.15) is 5.82 Å². The molecule has 0 radical (unpaired) electrons. The molecule has 0 fully saturated rings. The molecule has 0 aliphatic heterocycles. The molecule has 0 aliphatic carbocycles. The second kappa shape index (κ2) is 10.1. The van der Waals surface area contributed by atoms with Gasteiger partial charge in [0.2, 0.25) is 11.8 Å². The van der Waals surface area contributed by atoms with Gasteiger partial charge in [-0.3, -0.25) is 9.59 Å². The van der Waals surface area contributed by atoms with Gasteiger partial charge in [-0.2, -0.15) is 5.10 Å². The van der Waals surface area contributed by atoms with Crippen molar-refractivity contribution >= 4 is 23.2 Å². The normalized spacial score (nSPS) is 10.9. The Labute approximate surface area is 162 Å². The first-order valence-electron chi connectivity index (χ1n) is 8.49. The summed E-state index contributed by atoms with van der Waals surface area (Å²) in [6.07, 6.45) is 0.0902. The second-order valence-electron chi connectivity index (χ2n) is 5.98. The fourth-order valence-corrected chi connectivity index (χ4v) is 2.38. The first-order valence-corrected chi connectivity index (χ1v) is 8.49. The Bertz CT molecular complexity index is 866. The van der Waals surface area contributed by atoms with Crippen LogP contribution < -0.4 is 20.2 Å². The highest BCUT2D eigenvalue weighted by molar-refractivity contribution is 6.05. The van der Waals surface area contributed by atoms with E-state index in [0.717, 1.165) is 5.56 Å². The van der Waals surface area contributed by atoms with E-state index in [2.05, 4.69) is 15.8 Å². The lowest BCUT2D eigenvalue weighted by Gasteiger charge is -2.09. The minimum Gasteiger partial charge on any atom is -0.493 e. The van der Waals surface area contributed by atoms with Gasteiger partial charge in [-0.05, 0) is 48.9 Å². The summed E-state index contributed by atoms with van der Waals surface area (Å²) in [5.74, 6) is 0.0816. The molecule has 8 heteroatoms. The molecule has 28 heavy (non-hydrogen) atoms. The molecular weight excluding hydrogens is 365 g/mol. The number of nitrogens with zero attached hydrogens (tertiary/aromatic N) is 1. The van der Waals surface area contributed by atoms with Crippen LogP contribution in [-0.4, -0.2) is 31.7 Å². The number of methoxy groups -OCH3 is 2. The van der Waals surface area contributed by atoms with Crippen molar-refractivity contribution in [1.82, 2.24) is 5.43 Å². The molecular formula is C20H22FN3O4. The van der Waals surface area contributed by atoms with Crippen molar-refractivity contribution in [2.75, 3.05) is 19.5 Å². The van der Waals surface area contributed by atoms with Crippen LogP contribution in [-0.2, 0) is 16.0 Å². The standard InChI is InChI=1S/C20H22FN3O4/c1-13(10-19(25)22-16-7-5-15(21)6-8-16)23-24-20(26)12-14-4-9-17(27-2)18(11-14)28-3/h4-9,11H,10,12H2,1-3H3,(H,22,25)(H,24,26)/b23-13+. The van der Waals surface area contributed by atoms with E-state index in [4.69, 9.17) is 9.47 Å². The first kappa shape index (κ1) is 20.9. The fraction of sp³-hybridized carbons (Fsp3) is 0.250. The number of hydrogen-bond donors (Lipinski definition) is 2. The highest BCUT2D eigenvalue weighted by Crippen LogP contribution is 2.27. The highest BCUT2D eigenvalue weighted by Gasteiger charge is 2.09. The predicted octanol–water partition coefficient (Wildman–Crippen LogP) is 2.91. The van der Waals surface area contributed by atoms with Crippen LogP contribution in [0.5, 0.6) is 11.5 Å². The molecule has 0 heterocycles. The molecule has 0 aromatic heterocycles. The second-order valence-corrected chi connectivity index (χ2v) is 5.98. The van der Waals surface area contributed by atoms with Gasteiger partial charge in [-0.25, -0.2) is 9.82 Å². The van der Waals surface area contributed by atoms with Gasteiger partial charge in [0, 0.05) is 11.4 Å². The van der Waals surface area contributed by atoms with E-state index in [0.29, 0.717) is 22.9 Å². The van der Waals surface area contributed by atoms with Crippen LogP contribution in [0.4, 0.5) is 10.1 Å². The Balaban J connectivity index is 1.85. The van der Waals surface area contributed by atoms with Crippen LogP contribution in [0.15, 0.2) is 47.6 Å². The van der Waals surface area contributed by atoms with Crippen LogP contribution in [0.2, 0.25) is 0 Å². The van der Waals surface area contributed by atoms with Crippen molar-refractivity contribution in [2.45, 2.75) is 19.8 Å². The number of amides is 2. The topological polar surface area (TPSA) is 89.0 Å². The number of rotatable bonds is 8. The maximum absolute atomic E-state index is 12.9. The number of nitrogens with one attached hydrogen (secondary N) is 2. The molecule has 0 aliphatic rings. The predicted molar refractivity (Wildman–Crippen MR) is 104 cm³/mol. The van der Waals surface area contributed by atoms with Crippen LogP contribution in [0, 0.1) is 5.82 Å². The highest BCUT2D eigenvalue weighted by atomic mass is 19.1. The molecule has 0 atom stereocenters. The van der Waals surface area contributed by atoms with E-state index in [1.165, 1.54) is 38.5 Å². The van der Waals surface area contributed by atoms with Crippen LogP contribution in [0.25, 0.3) is 0 Å². The quantitative estimate of drug-likeness (QED) is 0.538. The molecule has 0 saturated carbocycles. The van der Waals surface area contributed by atoms with Gasteiger partial charge >= 0.3 is 0 Å². The average Bonchev–Trinajstić information content (AvgIpc) is 2.68. The summed E-state index contributed by atoms with van der Waals surface area (Å²) in [5, 5.41) is 6.56. The van der Waals surface area contributed by atoms with E-state index in [9.17, 15) is 14.0 Å². The molecule has 2 aromatic rings. The monoisotopic (exact) mass is 387 g/mol. The summed E-state index contributed by atoms with van der Waals surface area (Å²) >= 11 is 0. The van der Waals surface area contributed by atoms with Crippen molar-refractivity contribution in [2.24, 2.45) is 5.10 Å². The van der Waals surface area contributed by atoms with Gasteiger partial charge < -0.3 is 14.8 Å². The Morgan fingerprint density at radius 2 is 1.68 bits per heavy atom. The van der Waals surface area contributed by atoms with E-state index < -0.39 is 0 Å². The Kier molecular flexibility index (Phi) is 7.50. The molecule has 0 saturated heterocycles. The summed E-state index contributed by atoms with van der Waals surface area (Å²) in [4.78, 5) is 24.0. The third-order valence-corrected chi connectivity index (χ3v) is 3.73. The molecule has 0 bridgehead atoms. The smallest absolute Gasteiger partial charge is 0.244 e. The average molecular weight is 387 g/mol. The summed E-state index contributed by atoms with van der Waals surface area (Å²) in [6, 6.07) is 10.6. The molecule has 0 unspecified atom stereocenters.